The van der Waals surface area contributed by atoms with Gasteiger partial charge >= 0.3 is 0 Å². The van der Waals surface area contributed by atoms with Crippen molar-refractivity contribution in [1.29, 1.82) is 0 Å². The van der Waals surface area contributed by atoms with E-state index in [0.717, 1.165) is 0 Å². The number of aldehydes is 1. The summed E-state index contributed by atoms with van der Waals surface area (Å²) in [6.45, 7) is -0.0827. The van der Waals surface area contributed by atoms with E-state index in [1.54, 1.807) is 0 Å². The molecule has 8 nitrogen and oxygen atoms in total. The number of nitrogen functional groups attached to an aromatic ring is 1. The van der Waals surface area contributed by atoms with E-state index in [-0.39, 0.29) is 23.8 Å². The van der Waals surface area contributed by atoms with Gasteiger partial charge in [0, 0.05) is 5.69 Å². The maximum absolute atomic E-state index is 11.8. The number of phenolic OH excluding ortho intramolecular Hbond substituents is 1. The second kappa shape index (κ2) is 6.24. The van der Waals surface area contributed by atoms with Crippen molar-refractivity contribution in [3.8, 4) is 5.75 Å². The van der Waals surface area contributed by atoms with Crippen LogP contribution >= 0.6 is 0 Å². The highest BCUT2D eigenvalue weighted by Gasteiger charge is 2.16. The maximum atomic E-state index is 11.8. The van der Waals surface area contributed by atoms with Crippen molar-refractivity contribution in [2.75, 3.05) is 12.3 Å². The van der Waals surface area contributed by atoms with Gasteiger partial charge in [-0.25, -0.2) is 0 Å². The largest absolute Gasteiger partial charge is 0.507 e. The Morgan fingerprint density at radius 3 is 2.74 bits per heavy atom. The van der Waals surface area contributed by atoms with E-state index >= 15 is 0 Å². The van der Waals surface area contributed by atoms with Crippen LogP contribution in [0, 0.1) is 0 Å². The number of benzene rings is 1. The van der Waals surface area contributed by atoms with E-state index in [2.05, 4.69) is 10.3 Å². The molecule has 1 rings (SSSR count). The van der Waals surface area contributed by atoms with Crippen molar-refractivity contribution in [1.82, 2.24) is 5.32 Å². The number of aromatic hydroxyl groups is 1. The van der Waals surface area contributed by atoms with Crippen LogP contribution < -0.4 is 22.5 Å². The molecule has 0 spiro atoms. The Bertz CT molecular complexity index is 511. The molecule has 0 heterocycles. The molecule has 19 heavy (non-hydrogen) atoms. The maximum Gasteiger partial charge on any atom is 0.255 e. The SMILES string of the molecule is NC(N)=NCC(C=O)NC(=O)c1cc(N)ccc1O. The fraction of sp³-hybridized carbons (Fsp3) is 0.182. The van der Waals surface area contributed by atoms with Crippen LogP contribution in [0.4, 0.5) is 5.69 Å². The summed E-state index contributed by atoms with van der Waals surface area (Å²) in [4.78, 5) is 26.2. The molecule has 8 heteroatoms. The van der Waals surface area contributed by atoms with E-state index in [1.807, 2.05) is 0 Å². The average molecular weight is 265 g/mol. The van der Waals surface area contributed by atoms with Crippen LogP contribution in [0.5, 0.6) is 5.75 Å². The molecule has 0 fully saturated rings. The summed E-state index contributed by atoms with van der Waals surface area (Å²) < 4.78 is 0. The Kier molecular flexibility index (Phi) is 4.69. The minimum atomic E-state index is -0.893. The molecule has 102 valence electrons. The molecule has 0 bridgehead atoms. The van der Waals surface area contributed by atoms with Gasteiger partial charge in [0.15, 0.2) is 5.96 Å². The Morgan fingerprint density at radius 1 is 1.47 bits per heavy atom. The molecule has 0 aliphatic heterocycles. The highest BCUT2D eigenvalue weighted by Crippen LogP contribution is 2.19. The van der Waals surface area contributed by atoms with E-state index < -0.39 is 11.9 Å². The number of nitrogens with zero attached hydrogens (tertiary/aromatic N) is 1. The number of guanidine groups is 1. The molecule has 1 amide bonds. The smallest absolute Gasteiger partial charge is 0.255 e. The number of nitrogens with two attached hydrogens (primary N) is 3. The number of hydrogen-bond donors (Lipinski definition) is 5. The van der Waals surface area contributed by atoms with Gasteiger partial charge in [-0.2, -0.15) is 0 Å². The third kappa shape index (κ3) is 4.19. The number of carbonyl (C=O) groups is 2. The summed E-state index contributed by atoms with van der Waals surface area (Å²) in [5.41, 5.74) is 16.0. The fourth-order valence-corrected chi connectivity index (χ4v) is 1.31. The highest BCUT2D eigenvalue weighted by molar-refractivity contribution is 5.98. The van der Waals surface area contributed by atoms with Gasteiger partial charge in [0.05, 0.1) is 12.1 Å². The minimum absolute atomic E-state index is 0.0310. The highest BCUT2D eigenvalue weighted by atomic mass is 16.3. The van der Waals surface area contributed by atoms with E-state index in [4.69, 9.17) is 17.2 Å². The first-order chi connectivity index (χ1) is 8.93. The number of phenols is 1. The third-order valence-corrected chi connectivity index (χ3v) is 2.22. The van der Waals surface area contributed by atoms with E-state index in [0.29, 0.717) is 12.0 Å². The van der Waals surface area contributed by atoms with Crippen LogP contribution in [0.1, 0.15) is 10.4 Å². The number of rotatable bonds is 5. The molecule has 0 aliphatic carbocycles. The zero-order valence-corrected chi connectivity index (χ0v) is 10.0. The van der Waals surface area contributed by atoms with Crippen LogP contribution in [-0.4, -0.2) is 35.8 Å². The number of anilines is 1. The van der Waals surface area contributed by atoms with Gasteiger partial charge in [-0.15, -0.1) is 0 Å². The van der Waals surface area contributed by atoms with Crippen LogP contribution in [0.25, 0.3) is 0 Å². The first-order valence-electron chi connectivity index (χ1n) is 5.34. The molecule has 1 unspecified atom stereocenters. The second-order valence-corrected chi connectivity index (χ2v) is 3.76. The van der Waals surface area contributed by atoms with Gasteiger partial charge in [-0.05, 0) is 18.2 Å². The predicted octanol–water partition coefficient (Wildman–Crippen LogP) is -1.45. The number of carbonyl (C=O) groups excluding carboxylic acids is 2. The quantitative estimate of drug-likeness (QED) is 0.144. The zero-order chi connectivity index (χ0) is 14.4. The van der Waals surface area contributed by atoms with Gasteiger partial charge in [0.25, 0.3) is 5.91 Å². The summed E-state index contributed by atoms with van der Waals surface area (Å²) in [6, 6.07) is 3.14. The lowest BCUT2D eigenvalue weighted by Gasteiger charge is -2.11. The predicted molar refractivity (Wildman–Crippen MR) is 70.5 cm³/mol. The lowest BCUT2D eigenvalue weighted by atomic mass is 10.1. The zero-order valence-electron chi connectivity index (χ0n) is 10.0. The summed E-state index contributed by atoms with van der Waals surface area (Å²) in [5, 5.41) is 11.9. The number of amides is 1. The molecular formula is C11H15N5O3. The topological polar surface area (TPSA) is 157 Å². The standard InChI is InChI=1S/C11H15N5O3/c12-6-1-2-9(18)8(3-6)10(19)16-7(5-17)4-15-11(13)14/h1-3,5,7,18H,4,12H2,(H,16,19)(H4,13,14,15). The van der Waals surface area contributed by atoms with Gasteiger partial charge < -0.3 is 32.4 Å². The fourth-order valence-electron chi connectivity index (χ4n) is 1.31. The molecule has 1 atom stereocenters. The van der Waals surface area contributed by atoms with E-state index in [1.165, 1.54) is 18.2 Å². The van der Waals surface area contributed by atoms with Gasteiger partial charge in [0.1, 0.15) is 18.1 Å². The monoisotopic (exact) mass is 265 g/mol. The summed E-state index contributed by atoms with van der Waals surface area (Å²) in [6.07, 6.45) is 0.494. The summed E-state index contributed by atoms with van der Waals surface area (Å²) in [7, 11) is 0. The van der Waals surface area contributed by atoms with E-state index in [9.17, 15) is 14.7 Å². The molecule has 0 saturated heterocycles. The lowest BCUT2D eigenvalue weighted by molar-refractivity contribution is -0.109. The molecule has 8 N–H and O–H groups in total. The molecule has 0 saturated carbocycles. The number of hydrogen-bond acceptors (Lipinski definition) is 5. The summed E-state index contributed by atoms with van der Waals surface area (Å²) >= 11 is 0. The lowest BCUT2D eigenvalue weighted by Crippen LogP contribution is -2.39. The number of aliphatic imine (C=N–C) groups is 1. The van der Waals surface area contributed by atoms with Crippen LogP contribution in [-0.2, 0) is 4.79 Å². The third-order valence-electron chi connectivity index (χ3n) is 2.22. The normalized spacial score (nSPS) is 11.4. The first kappa shape index (κ1) is 14.3. The van der Waals surface area contributed by atoms with Crippen LogP contribution in [0.2, 0.25) is 0 Å². The summed E-state index contributed by atoms with van der Waals surface area (Å²) in [5.74, 6) is -1.07. The molecule has 0 aromatic heterocycles. The molecule has 1 aromatic rings. The molecule has 0 aliphatic rings. The van der Waals surface area contributed by atoms with Crippen molar-refractivity contribution in [3.05, 3.63) is 23.8 Å². The Hall–Kier alpha value is -2.77. The van der Waals surface area contributed by atoms with Crippen molar-refractivity contribution in [2.24, 2.45) is 16.5 Å². The molecule has 1 aromatic carbocycles. The van der Waals surface area contributed by atoms with Crippen molar-refractivity contribution < 1.29 is 14.7 Å². The number of nitrogens with one attached hydrogen (secondary N) is 1. The Morgan fingerprint density at radius 2 is 2.16 bits per heavy atom. The van der Waals surface area contributed by atoms with Gasteiger partial charge in [-0.3, -0.25) is 9.79 Å². The Balaban J connectivity index is 2.80. The second-order valence-electron chi connectivity index (χ2n) is 3.76. The van der Waals surface area contributed by atoms with Gasteiger partial charge in [0.2, 0.25) is 0 Å². The molecular weight excluding hydrogens is 250 g/mol. The Labute approximate surface area is 109 Å². The van der Waals surface area contributed by atoms with Crippen molar-refractivity contribution in [3.63, 3.8) is 0 Å². The van der Waals surface area contributed by atoms with Crippen molar-refractivity contribution in [2.45, 2.75) is 6.04 Å². The minimum Gasteiger partial charge on any atom is -0.507 e. The van der Waals surface area contributed by atoms with Gasteiger partial charge in [-0.1, -0.05) is 0 Å². The van der Waals surface area contributed by atoms with Crippen LogP contribution in [0.15, 0.2) is 23.2 Å². The molecule has 0 radical (unpaired) electrons. The van der Waals surface area contributed by atoms with Crippen LogP contribution in [0.3, 0.4) is 0 Å². The first-order valence-corrected chi connectivity index (χ1v) is 5.34. The van der Waals surface area contributed by atoms with Crippen molar-refractivity contribution >= 4 is 23.8 Å². The average Bonchev–Trinajstić information content (AvgIpc) is 2.36.